The molecule has 0 bridgehead atoms. The van der Waals surface area contributed by atoms with Gasteiger partial charge in [0.15, 0.2) is 0 Å². The van der Waals surface area contributed by atoms with Gasteiger partial charge in [-0.1, -0.05) is 11.6 Å². The molecule has 2 aliphatic rings. The first-order chi connectivity index (χ1) is 12.7. The molecule has 1 aromatic carbocycles. The second kappa shape index (κ2) is 7.58. The fraction of sp³-hybridized carbons (Fsp3) is 0.500. The minimum atomic E-state index is 0.0248. The van der Waals surface area contributed by atoms with E-state index in [0.29, 0.717) is 16.5 Å². The number of fused-ring (bicyclic) bond motifs is 1. The smallest absolute Gasteiger partial charge is 0.255 e. The minimum absolute atomic E-state index is 0.0248. The SMILES string of the molecule is CSc1ccc(Cl)c(C(=O)N2CCC(c3nnc4n3CCNC4)CC2)c1. The molecule has 0 atom stereocenters. The van der Waals surface area contributed by atoms with Crippen LogP contribution in [0.1, 0.15) is 40.8 Å². The zero-order chi connectivity index (χ0) is 18.1. The fourth-order valence-electron chi connectivity index (χ4n) is 3.72. The molecular formula is C18H22ClN5OS. The Hall–Kier alpha value is -1.57. The summed E-state index contributed by atoms with van der Waals surface area (Å²) in [4.78, 5) is 15.9. The van der Waals surface area contributed by atoms with E-state index >= 15 is 0 Å². The molecule has 6 nitrogen and oxygen atoms in total. The quantitative estimate of drug-likeness (QED) is 0.815. The van der Waals surface area contributed by atoms with Crippen molar-refractivity contribution in [3.05, 3.63) is 40.4 Å². The number of hydrogen-bond donors (Lipinski definition) is 1. The number of amides is 1. The third kappa shape index (κ3) is 3.35. The van der Waals surface area contributed by atoms with E-state index in [2.05, 4.69) is 20.1 Å². The molecule has 0 spiro atoms. The van der Waals surface area contributed by atoms with Crippen molar-refractivity contribution in [1.29, 1.82) is 0 Å². The lowest BCUT2D eigenvalue weighted by Gasteiger charge is -2.32. The minimum Gasteiger partial charge on any atom is -0.339 e. The molecule has 2 aliphatic heterocycles. The number of thioether (sulfide) groups is 1. The molecule has 8 heteroatoms. The van der Waals surface area contributed by atoms with E-state index in [9.17, 15) is 4.79 Å². The number of carbonyl (C=O) groups is 1. The van der Waals surface area contributed by atoms with E-state index in [0.717, 1.165) is 62.1 Å². The third-order valence-electron chi connectivity index (χ3n) is 5.20. The highest BCUT2D eigenvalue weighted by Gasteiger charge is 2.29. The van der Waals surface area contributed by atoms with Crippen molar-refractivity contribution in [2.24, 2.45) is 0 Å². The van der Waals surface area contributed by atoms with E-state index in [1.54, 1.807) is 11.8 Å². The van der Waals surface area contributed by atoms with Crippen molar-refractivity contribution in [3.63, 3.8) is 0 Å². The summed E-state index contributed by atoms with van der Waals surface area (Å²) in [5.41, 5.74) is 0.600. The second-order valence-corrected chi connectivity index (χ2v) is 8.00. The molecule has 1 amide bonds. The van der Waals surface area contributed by atoms with Crippen LogP contribution in [0.5, 0.6) is 0 Å². The van der Waals surface area contributed by atoms with E-state index in [4.69, 9.17) is 11.6 Å². The number of halogens is 1. The van der Waals surface area contributed by atoms with Crippen molar-refractivity contribution in [1.82, 2.24) is 25.0 Å². The summed E-state index contributed by atoms with van der Waals surface area (Å²) in [6.45, 7) is 4.12. The van der Waals surface area contributed by atoms with Crippen LogP contribution in [-0.4, -0.2) is 51.5 Å². The monoisotopic (exact) mass is 391 g/mol. The molecule has 1 aromatic heterocycles. The van der Waals surface area contributed by atoms with Crippen LogP contribution < -0.4 is 5.32 Å². The van der Waals surface area contributed by atoms with Crippen LogP contribution in [0, 0.1) is 0 Å². The first kappa shape index (κ1) is 17.8. The first-order valence-electron chi connectivity index (χ1n) is 8.93. The Morgan fingerprint density at radius 1 is 1.27 bits per heavy atom. The fourth-order valence-corrected chi connectivity index (χ4v) is 4.36. The number of benzene rings is 1. The van der Waals surface area contributed by atoms with Gasteiger partial charge in [-0.3, -0.25) is 4.79 Å². The number of hydrogen-bond acceptors (Lipinski definition) is 5. The average molecular weight is 392 g/mol. The number of rotatable bonds is 3. The highest BCUT2D eigenvalue weighted by atomic mass is 35.5. The maximum atomic E-state index is 12.9. The van der Waals surface area contributed by atoms with Gasteiger partial charge in [-0.2, -0.15) is 0 Å². The number of nitrogens with one attached hydrogen (secondary N) is 1. The number of carbonyl (C=O) groups excluding carboxylic acids is 1. The topological polar surface area (TPSA) is 63.1 Å². The molecule has 138 valence electrons. The lowest BCUT2D eigenvalue weighted by Crippen LogP contribution is -2.39. The summed E-state index contributed by atoms with van der Waals surface area (Å²) in [6, 6.07) is 5.65. The molecule has 3 heterocycles. The van der Waals surface area contributed by atoms with Crippen LogP contribution in [0.15, 0.2) is 23.1 Å². The van der Waals surface area contributed by atoms with E-state index < -0.39 is 0 Å². The van der Waals surface area contributed by atoms with E-state index in [-0.39, 0.29) is 5.91 Å². The van der Waals surface area contributed by atoms with Gasteiger partial charge in [-0.15, -0.1) is 22.0 Å². The van der Waals surface area contributed by atoms with Crippen LogP contribution in [-0.2, 0) is 13.1 Å². The van der Waals surface area contributed by atoms with Crippen LogP contribution in [0.25, 0.3) is 0 Å². The normalized spacial score (nSPS) is 18.0. The standard InChI is InChI=1S/C18H22ClN5OS/c1-26-13-2-3-15(19)14(10-13)18(25)23-7-4-12(5-8-23)17-22-21-16-11-20-6-9-24(16)17/h2-3,10,12,20H,4-9,11H2,1H3. The molecule has 0 unspecified atom stereocenters. The Morgan fingerprint density at radius 2 is 2.08 bits per heavy atom. The van der Waals surface area contributed by atoms with Gasteiger partial charge in [0.05, 0.1) is 17.1 Å². The van der Waals surface area contributed by atoms with Crippen LogP contribution >= 0.6 is 23.4 Å². The van der Waals surface area contributed by atoms with Crippen LogP contribution in [0.2, 0.25) is 5.02 Å². The van der Waals surface area contributed by atoms with Gasteiger partial charge in [0, 0.05) is 37.0 Å². The third-order valence-corrected chi connectivity index (χ3v) is 6.26. The average Bonchev–Trinajstić information content (AvgIpc) is 3.12. The predicted molar refractivity (Wildman–Crippen MR) is 103 cm³/mol. The summed E-state index contributed by atoms with van der Waals surface area (Å²) < 4.78 is 2.25. The van der Waals surface area contributed by atoms with Crippen molar-refractivity contribution in [2.75, 3.05) is 25.9 Å². The maximum Gasteiger partial charge on any atom is 0.255 e. The van der Waals surface area contributed by atoms with Crippen LogP contribution in [0.3, 0.4) is 0 Å². The van der Waals surface area contributed by atoms with Gasteiger partial charge in [0.1, 0.15) is 11.6 Å². The molecule has 0 aliphatic carbocycles. The Balaban J connectivity index is 1.45. The molecule has 0 saturated carbocycles. The van der Waals surface area contributed by atoms with Crippen molar-refractivity contribution in [2.45, 2.75) is 36.7 Å². The van der Waals surface area contributed by atoms with E-state index in [1.807, 2.05) is 29.4 Å². The van der Waals surface area contributed by atoms with Gasteiger partial charge in [-0.05, 0) is 37.3 Å². The maximum absolute atomic E-state index is 12.9. The van der Waals surface area contributed by atoms with E-state index in [1.165, 1.54) is 0 Å². The second-order valence-electron chi connectivity index (χ2n) is 6.72. The zero-order valence-corrected chi connectivity index (χ0v) is 16.3. The highest BCUT2D eigenvalue weighted by molar-refractivity contribution is 7.98. The molecule has 1 saturated heterocycles. The predicted octanol–water partition coefficient (Wildman–Crippen LogP) is 2.78. The first-order valence-corrected chi connectivity index (χ1v) is 10.5. The number of likely N-dealkylation sites (tertiary alicyclic amines) is 1. The number of nitrogens with zero attached hydrogens (tertiary/aromatic N) is 4. The summed E-state index contributed by atoms with van der Waals surface area (Å²) in [7, 11) is 0. The molecule has 0 radical (unpaired) electrons. The van der Waals surface area contributed by atoms with Crippen molar-refractivity contribution >= 4 is 29.3 Å². The highest BCUT2D eigenvalue weighted by Crippen LogP contribution is 2.30. The van der Waals surface area contributed by atoms with Crippen LogP contribution in [0.4, 0.5) is 0 Å². The zero-order valence-electron chi connectivity index (χ0n) is 14.7. The van der Waals surface area contributed by atoms with Crippen molar-refractivity contribution < 1.29 is 4.79 Å². The largest absolute Gasteiger partial charge is 0.339 e. The molecule has 2 aromatic rings. The molecule has 1 fully saturated rings. The molecule has 1 N–H and O–H groups in total. The van der Waals surface area contributed by atoms with Gasteiger partial charge in [-0.25, -0.2) is 0 Å². The molecule has 4 rings (SSSR count). The van der Waals surface area contributed by atoms with Gasteiger partial charge in [0.25, 0.3) is 5.91 Å². The molecule has 26 heavy (non-hydrogen) atoms. The summed E-state index contributed by atoms with van der Waals surface area (Å²) in [5.74, 6) is 2.49. The molecular weight excluding hydrogens is 370 g/mol. The lowest BCUT2D eigenvalue weighted by molar-refractivity contribution is 0.0710. The Morgan fingerprint density at radius 3 is 2.85 bits per heavy atom. The number of piperidine rings is 1. The van der Waals surface area contributed by atoms with Gasteiger partial charge in [0.2, 0.25) is 0 Å². The Labute approximate surface area is 162 Å². The summed E-state index contributed by atoms with van der Waals surface area (Å²) in [6.07, 6.45) is 3.83. The van der Waals surface area contributed by atoms with Gasteiger partial charge < -0.3 is 14.8 Å². The Kier molecular flexibility index (Phi) is 5.20. The summed E-state index contributed by atoms with van der Waals surface area (Å²) >= 11 is 7.89. The number of aromatic nitrogens is 3. The summed E-state index contributed by atoms with van der Waals surface area (Å²) in [5, 5.41) is 12.6. The Bertz CT molecular complexity index is 816. The van der Waals surface area contributed by atoms with Crippen molar-refractivity contribution in [3.8, 4) is 0 Å². The van der Waals surface area contributed by atoms with Gasteiger partial charge >= 0.3 is 0 Å². The lowest BCUT2D eigenvalue weighted by atomic mass is 9.95.